The molecule has 8 nitrogen and oxygen atoms in total. The Kier molecular flexibility index (Phi) is 4.17. The second-order valence-electron chi connectivity index (χ2n) is 5.06. The molecule has 0 atom stereocenters. The van der Waals surface area contributed by atoms with Crippen LogP contribution in [-0.4, -0.2) is 25.0 Å². The average Bonchev–Trinajstić information content (AvgIpc) is 2.58. The number of ether oxygens (including phenoxy) is 1. The van der Waals surface area contributed by atoms with E-state index in [1.54, 1.807) is 18.2 Å². The van der Waals surface area contributed by atoms with Gasteiger partial charge in [0.15, 0.2) is 5.43 Å². The van der Waals surface area contributed by atoms with Crippen LogP contribution in [0.2, 0.25) is 0 Å². The van der Waals surface area contributed by atoms with E-state index in [-0.39, 0.29) is 16.6 Å². The highest BCUT2D eigenvalue weighted by Gasteiger charge is 2.26. The summed E-state index contributed by atoms with van der Waals surface area (Å²) < 4.78 is 10.5. The molecule has 8 heteroatoms. The normalized spacial score (nSPS) is 14.6. The monoisotopic (exact) mass is 340 g/mol. The molecule has 0 aliphatic carbocycles. The maximum Gasteiger partial charge on any atom is 0.328 e. The van der Waals surface area contributed by atoms with Gasteiger partial charge in [0.2, 0.25) is 0 Å². The van der Waals surface area contributed by atoms with E-state index in [1.807, 2.05) is 10.6 Å². The third kappa shape index (κ3) is 3.18. The quantitative estimate of drug-likeness (QED) is 0.639. The van der Waals surface area contributed by atoms with Crippen molar-refractivity contribution in [1.29, 1.82) is 0 Å². The Morgan fingerprint density at radius 2 is 1.80 bits per heavy atom. The standard InChI is InChI=1S/C17H12N2O6/c1-24-10-5-6-13-12(7-10)14(20)9(8-25-13)3-2-4-11-15(21)18-17(23)19-16(11)22/h2-8H,1H3,(H2,18,19,21,22,23)/b3-2+. The van der Waals surface area contributed by atoms with Crippen molar-refractivity contribution in [2.75, 3.05) is 7.11 Å². The lowest BCUT2D eigenvalue weighted by Gasteiger charge is -2.12. The zero-order valence-corrected chi connectivity index (χ0v) is 13.0. The van der Waals surface area contributed by atoms with Gasteiger partial charge in [0.1, 0.15) is 23.2 Å². The number of hydrogen-bond donors (Lipinski definition) is 2. The van der Waals surface area contributed by atoms with Crippen molar-refractivity contribution in [2.24, 2.45) is 0 Å². The van der Waals surface area contributed by atoms with Crippen LogP contribution >= 0.6 is 0 Å². The maximum absolute atomic E-state index is 12.5. The highest BCUT2D eigenvalue weighted by molar-refractivity contribution is 6.29. The van der Waals surface area contributed by atoms with Crippen molar-refractivity contribution < 1.29 is 23.5 Å². The molecule has 0 radical (unpaired) electrons. The molecule has 1 aromatic carbocycles. The molecule has 1 saturated heterocycles. The molecule has 3 rings (SSSR count). The van der Waals surface area contributed by atoms with Crippen LogP contribution in [0.25, 0.3) is 17.0 Å². The van der Waals surface area contributed by atoms with Gasteiger partial charge in [0.05, 0.1) is 18.1 Å². The second-order valence-corrected chi connectivity index (χ2v) is 5.06. The summed E-state index contributed by atoms with van der Waals surface area (Å²) in [4.78, 5) is 46.6. The number of barbiturate groups is 1. The molecule has 4 amide bonds. The fourth-order valence-electron chi connectivity index (χ4n) is 2.24. The fourth-order valence-corrected chi connectivity index (χ4v) is 2.24. The molecule has 0 bridgehead atoms. The number of amides is 4. The van der Waals surface area contributed by atoms with Crippen molar-refractivity contribution in [1.82, 2.24) is 10.6 Å². The van der Waals surface area contributed by atoms with Gasteiger partial charge in [-0.15, -0.1) is 0 Å². The lowest BCUT2D eigenvalue weighted by molar-refractivity contribution is -0.124. The minimum Gasteiger partial charge on any atom is -0.497 e. The summed E-state index contributed by atoms with van der Waals surface area (Å²) in [5.41, 5.74) is 0.0985. The van der Waals surface area contributed by atoms with Gasteiger partial charge in [-0.05, 0) is 30.4 Å². The predicted molar refractivity (Wildman–Crippen MR) is 87.8 cm³/mol. The number of allylic oxidation sites excluding steroid dienone is 2. The van der Waals surface area contributed by atoms with E-state index < -0.39 is 17.8 Å². The van der Waals surface area contributed by atoms with Crippen LogP contribution < -0.4 is 20.8 Å². The third-order valence-electron chi connectivity index (χ3n) is 3.49. The molecule has 0 spiro atoms. The molecule has 126 valence electrons. The van der Waals surface area contributed by atoms with E-state index in [0.29, 0.717) is 16.7 Å². The SMILES string of the molecule is COc1ccc2occ(/C=C/C=C3C(=O)NC(=O)NC3=O)c(=O)c2c1. The Bertz CT molecular complexity index is 993. The van der Waals surface area contributed by atoms with Crippen molar-refractivity contribution in [3.63, 3.8) is 0 Å². The molecule has 0 unspecified atom stereocenters. The molecule has 1 aliphatic heterocycles. The molecule has 1 aromatic heterocycles. The summed E-state index contributed by atoms with van der Waals surface area (Å²) >= 11 is 0. The summed E-state index contributed by atoms with van der Waals surface area (Å²) in [6, 6.07) is 3.98. The van der Waals surface area contributed by atoms with Gasteiger partial charge >= 0.3 is 6.03 Å². The molecule has 1 fully saturated rings. The van der Waals surface area contributed by atoms with Crippen LogP contribution in [0.4, 0.5) is 4.79 Å². The summed E-state index contributed by atoms with van der Waals surface area (Å²) in [5, 5.41) is 4.24. The Labute approximate surface area is 140 Å². The highest BCUT2D eigenvalue weighted by Crippen LogP contribution is 2.18. The van der Waals surface area contributed by atoms with Crippen LogP contribution in [-0.2, 0) is 9.59 Å². The lowest BCUT2D eigenvalue weighted by atomic mass is 10.1. The smallest absolute Gasteiger partial charge is 0.328 e. The van der Waals surface area contributed by atoms with Gasteiger partial charge in [0.25, 0.3) is 11.8 Å². The molecule has 1 aliphatic rings. The van der Waals surface area contributed by atoms with Gasteiger partial charge in [0, 0.05) is 0 Å². The highest BCUT2D eigenvalue weighted by atomic mass is 16.5. The first-order chi connectivity index (χ1) is 12.0. The van der Waals surface area contributed by atoms with Crippen LogP contribution in [0.3, 0.4) is 0 Å². The molecule has 25 heavy (non-hydrogen) atoms. The van der Waals surface area contributed by atoms with E-state index in [4.69, 9.17) is 9.15 Å². The van der Waals surface area contributed by atoms with Crippen molar-refractivity contribution in [3.05, 3.63) is 58.0 Å². The number of methoxy groups -OCH3 is 1. The summed E-state index contributed by atoms with van der Waals surface area (Å²) in [5.74, 6) is -1.11. The first-order valence-electron chi connectivity index (χ1n) is 7.14. The number of carbonyl (C=O) groups excluding carboxylic acids is 3. The Balaban J connectivity index is 1.94. The van der Waals surface area contributed by atoms with E-state index >= 15 is 0 Å². The topological polar surface area (TPSA) is 115 Å². The second kappa shape index (κ2) is 6.44. The van der Waals surface area contributed by atoms with Gasteiger partial charge in [-0.3, -0.25) is 25.0 Å². The summed E-state index contributed by atoms with van der Waals surface area (Å²) in [7, 11) is 1.49. The van der Waals surface area contributed by atoms with Gasteiger partial charge in [-0.1, -0.05) is 6.08 Å². The lowest BCUT2D eigenvalue weighted by Crippen LogP contribution is -2.51. The van der Waals surface area contributed by atoms with Crippen LogP contribution in [0.1, 0.15) is 5.56 Å². The minimum absolute atomic E-state index is 0.227. The van der Waals surface area contributed by atoms with Crippen molar-refractivity contribution >= 4 is 34.9 Å². The zero-order valence-electron chi connectivity index (χ0n) is 13.0. The molecular formula is C17H12N2O6. The summed E-state index contributed by atoms with van der Waals surface area (Å²) in [6.45, 7) is 0. The number of nitrogens with one attached hydrogen (secondary N) is 2. The van der Waals surface area contributed by atoms with E-state index in [9.17, 15) is 19.2 Å². The Hall–Kier alpha value is -3.68. The maximum atomic E-state index is 12.5. The largest absolute Gasteiger partial charge is 0.497 e. The van der Waals surface area contributed by atoms with Gasteiger partial charge < -0.3 is 9.15 Å². The third-order valence-corrected chi connectivity index (χ3v) is 3.49. The molecule has 2 aromatic rings. The Morgan fingerprint density at radius 1 is 1.08 bits per heavy atom. The van der Waals surface area contributed by atoms with Crippen molar-refractivity contribution in [2.45, 2.75) is 0 Å². The number of fused-ring (bicyclic) bond motifs is 1. The first kappa shape index (κ1) is 16.2. The zero-order chi connectivity index (χ0) is 18.0. The van der Waals surface area contributed by atoms with E-state index in [2.05, 4.69) is 0 Å². The Morgan fingerprint density at radius 3 is 2.48 bits per heavy atom. The van der Waals surface area contributed by atoms with Crippen LogP contribution in [0.5, 0.6) is 5.75 Å². The molecule has 2 N–H and O–H groups in total. The summed E-state index contributed by atoms with van der Waals surface area (Å²) in [6.07, 6.45) is 5.22. The van der Waals surface area contributed by atoms with Gasteiger partial charge in [-0.25, -0.2) is 4.79 Å². The first-order valence-corrected chi connectivity index (χ1v) is 7.14. The number of benzene rings is 1. The molecule has 2 heterocycles. The number of carbonyl (C=O) groups is 3. The minimum atomic E-state index is -0.875. The molecule has 0 saturated carbocycles. The fraction of sp³-hybridized carbons (Fsp3) is 0.0588. The van der Waals surface area contributed by atoms with Crippen LogP contribution in [0, 0.1) is 0 Å². The number of imide groups is 2. The number of urea groups is 1. The predicted octanol–water partition coefficient (Wildman–Crippen LogP) is 1.11. The number of rotatable bonds is 3. The van der Waals surface area contributed by atoms with E-state index in [0.717, 1.165) is 0 Å². The molecular weight excluding hydrogens is 328 g/mol. The van der Waals surface area contributed by atoms with E-state index in [1.165, 1.54) is 31.6 Å². The number of hydrogen-bond acceptors (Lipinski definition) is 6. The van der Waals surface area contributed by atoms with Crippen LogP contribution in [0.15, 0.2) is 51.4 Å². The van der Waals surface area contributed by atoms with Crippen molar-refractivity contribution in [3.8, 4) is 5.75 Å². The average molecular weight is 340 g/mol. The van der Waals surface area contributed by atoms with Gasteiger partial charge in [-0.2, -0.15) is 0 Å².